The van der Waals surface area contributed by atoms with Crippen LogP contribution in [0.1, 0.15) is 22.6 Å². The van der Waals surface area contributed by atoms with Crippen LogP contribution in [0.4, 0.5) is 10.6 Å². The molecule has 2 saturated heterocycles. The zero-order valence-electron chi connectivity index (χ0n) is 12.2. The van der Waals surface area contributed by atoms with Gasteiger partial charge in [0.2, 0.25) is 0 Å². The largest absolute Gasteiger partial charge is 0.465 e. The van der Waals surface area contributed by atoms with Crippen LogP contribution in [0.2, 0.25) is 0 Å². The van der Waals surface area contributed by atoms with E-state index in [4.69, 9.17) is 10.9 Å². The molecule has 9 heteroatoms. The Labute approximate surface area is 127 Å². The summed E-state index contributed by atoms with van der Waals surface area (Å²) in [6.07, 6.45) is 1.43. The van der Waals surface area contributed by atoms with Crippen LogP contribution in [0.5, 0.6) is 0 Å². The molecule has 0 atom stereocenters. The van der Waals surface area contributed by atoms with Gasteiger partial charge in [-0.25, -0.2) is 15.6 Å². The number of hydrogen-bond donors (Lipinski definition) is 3. The molecule has 2 fully saturated rings. The highest BCUT2D eigenvalue weighted by Crippen LogP contribution is 2.41. The van der Waals surface area contributed by atoms with Crippen molar-refractivity contribution in [3.05, 3.63) is 17.6 Å². The Kier molecular flexibility index (Phi) is 3.36. The first kappa shape index (κ1) is 14.5. The molecule has 1 aromatic heterocycles. The first-order valence-electron chi connectivity index (χ1n) is 7.01. The van der Waals surface area contributed by atoms with Crippen molar-refractivity contribution < 1.29 is 14.7 Å². The van der Waals surface area contributed by atoms with Crippen LogP contribution in [0, 0.1) is 12.3 Å². The fraction of sp³-hybridized carbons (Fsp3) is 0.538. The van der Waals surface area contributed by atoms with Gasteiger partial charge in [-0.3, -0.25) is 15.2 Å². The van der Waals surface area contributed by atoms with E-state index < -0.39 is 12.0 Å². The van der Waals surface area contributed by atoms with Crippen molar-refractivity contribution in [2.24, 2.45) is 11.3 Å². The van der Waals surface area contributed by atoms with Crippen LogP contribution in [0.3, 0.4) is 0 Å². The molecule has 3 rings (SSSR count). The van der Waals surface area contributed by atoms with Gasteiger partial charge in [-0.2, -0.15) is 0 Å². The monoisotopic (exact) mass is 306 g/mol. The van der Waals surface area contributed by atoms with Gasteiger partial charge in [0.1, 0.15) is 5.69 Å². The first-order chi connectivity index (χ1) is 10.4. The second-order valence-electron chi connectivity index (χ2n) is 5.95. The Morgan fingerprint density at radius 2 is 2.14 bits per heavy atom. The van der Waals surface area contributed by atoms with Crippen molar-refractivity contribution in [3.63, 3.8) is 0 Å². The number of nitrogens with one attached hydrogen (secondary N) is 1. The van der Waals surface area contributed by atoms with Gasteiger partial charge in [0.05, 0.1) is 11.9 Å². The number of anilines is 1. The second kappa shape index (κ2) is 5.09. The maximum Gasteiger partial charge on any atom is 0.407 e. The van der Waals surface area contributed by atoms with Crippen molar-refractivity contribution in [3.8, 4) is 0 Å². The van der Waals surface area contributed by atoms with Crippen LogP contribution in [0.15, 0.2) is 6.20 Å². The molecule has 0 aromatic carbocycles. The lowest BCUT2D eigenvalue weighted by molar-refractivity contribution is 0.0251. The first-order valence-corrected chi connectivity index (χ1v) is 7.01. The third kappa shape index (κ3) is 2.33. The number of nitrogens with zero attached hydrogens (tertiary/aromatic N) is 4. The lowest BCUT2D eigenvalue weighted by Gasteiger charge is -2.46. The van der Waals surface area contributed by atoms with Crippen molar-refractivity contribution in [1.82, 2.24) is 20.3 Å². The molecule has 0 aliphatic carbocycles. The molecule has 0 radical (unpaired) electrons. The van der Waals surface area contributed by atoms with Crippen molar-refractivity contribution >= 4 is 17.8 Å². The SMILES string of the molecule is Cc1ncc(C(=O)NN)nc1N1CCC2(CN(C(=O)O)C2)C1. The molecule has 0 saturated carbocycles. The number of likely N-dealkylation sites (tertiary alicyclic amines) is 1. The summed E-state index contributed by atoms with van der Waals surface area (Å²) < 4.78 is 0. The number of hydrogen-bond acceptors (Lipinski definition) is 6. The normalized spacial score (nSPS) is 19.2. The van der Waals surface area contributed by atoms with Crippen LogP contribution in [0.25, 0.3) is 0 Å². The standard InChI is InChI=1S/C13H18N6O3/c1-8-10(16-9(4-15-8)11(20)17-14)18-3-2-13(5-18)6-19(7-13)12(21)22/h4H,2-3,5-7,14H2,1H3,(H,17,20)(H,21,22). The lowest BCUT2D eigenvalue weighted by atomic mass is 9.79. The summed E-state index contributed by atoms with van der Waals surface area (Å²) in [7, 11) is 0. The number of carbonyl (C=O) groups is 2. The molecule has 118 valence electrons. The number of carboxylic acid groups (broad SMARTS) is 1. The van der Waals surface area contributed by atoms with E-state index in [0.717, 1.165) is 25.2 Å². The van der Waals surface area contributed by atoms with Crippen molar-refractivity contribution in [2.75, 3.05) is 31.1 Å². The van der Waals surface area contributed by atoms with Gasteiger partial charge in [-0.15, -0.1) is 0 Å². The average molecular weight is 306 g/mol. The van der Waals surface area contributed by atoms with Gasteiger partial charge in [0.15, 0.2) is 5.82 Å². The highest BCUT2D eigenvalue weighted by Gasteiger charge is 2.49. The van der Waals surface area contributed by atoms with Gasteiger partial charge in [0.25, 0.3) is 5.91 Å². The number of hydrazine groups is 1. The van der Waals surface area contributed by atoms with E-state index in [1.54, 1.807) is 0 Å². The molecular weight excluding hydrogens is 288 g/mol. The summed E-state index contributed by atoms with van der Waals surface area (Å²) >= 11 is 0. The molecule has 0 unspecified atom stereocenters. The van der Waals surface area contributed by atoms with Crippen molar-refractivity contribution in [1.29, 1.82) is 0 Å². The zero-order chi connectivity index (χ0) is 15.9. The number of nitrogen functional groups attached to an aromatic ring is 1. The molecule has 2 amide bonds. The fourth-order valence-corrected chi connectivity index (χ4v) is 3.20. The zero-order valence-corrected chi connectivity index (χ0v) is 12.2. The highest BCUT2D eigenvalue weighted by atomic mass is 16.4. The summed E-state index contributed by atoms with van der Waals surface area (Å²) in [6.45, 7) is 4.43. The Morgan fingerprint density at radius 3 is 2.77 bits per heavy atom. The minimum absolute atomic E-state index is 0.00135. The molecule has 2 aliphatic heterocycles. The number of carbonyl (C=O) groups excluding carboxylic acids is 1. The second-order valence-corrected chi connectivity index (χ2v) is 5.95. The number of nitrogens with two attached hydrogens (primary N) is 1. The Morgan fingerprint density at radius 1 is 1.41 bits per heavy atom. The van der Waals surface area contributed by atoms with Crippen LogP contribution >= 0.6 is 0 Å². The van der Waals surface area contributed by atoms with E-state index in [1.165, 1.54) is 11.1 Å². The number of aryl methyl sites for hydroxylation is 1. The lowest BCUT2D eigenvalue weighted by Crippen LogP contribution is -2.59. The predicted molar refractivity (Wildman–Crippen MR) is 77.3 cm³/mol. The minimum Gasteiger partial charge on any atom is -0.465 e. The van der Waals surface area contributed by atoms with E-state index in [1.807, 2.05) is 12.3 Å². The van der Waals surface area contributed by atoms with Crippen molar-refractivity contribution in [2.45, 2.75) is 13.3 Å². The van der Waals surface area contributed by atoms with Crippen LogP contribution in [-0.2, 0) is 0 Å². The Bertz CT molecular complexity index is 628. The predicted octanol–water partition coefficient (Wildman–Crippen LogP) is -0.421. The fourth-order valence-electron chi connectivity index (χ4n) is 3.20. The van der Waals surface area contributed by atoms with E-state index in [2.05, 4.69) is 14.9 Å². The van der Waals surface area contributed by atoms with Gasteiger partial charge in [0, 0.05) is 31.6 Å². The van der Waals surface area contributed by atoms with E-state index in [0.29, 0.717) is 18.9 Å². The molecule has 9 nitrogen and oxygen atoms in total. The summed E-state index contributed by atoms with van der Waals surface area (Å²) in [5, 5.41) is 8.96. The summed E-state index contributed by atoms with van der Waals surface area (Å²) in [5.41, 5.74) is 2.95. The molecule has 4 N–H and O–H groups in total. The number of aromatic nitrogens is 2. The highest BCUT2D eigenvalue weighted by molar-refractivity contribution is 5.91. The third-order valence-electron chi connectivity index (χ3n) is 4.36. The summed E-state index contributed by atoms with van der Waals surface area (Å²) in [6, 6.07) is 0. The van der Waals surface area contributed by atoms with E-state index >= 15 is 0 Å². The third-order valence-corrected chi connectivity index (χ3v) is 4.36. The quantitative estimate of drug-likeness (QED) is 0.385. The summed E-state index contributed by atoms with van der Waals surface area (Å²) in [5.74, 6) is 5.30. The molecular formula is C13H18N6O3. The van der Waals surface area contributed by atoms with Crippen LogP contribution < -0.4 is 16.2 Å². The average Bonchev–Trinajstić information content (AvgIpc) is 2.90. The molecule has 0 bridgehead atoms. The number of amides is 2. The van der Waals surface area contributed by atoms with E-state index in [-0.39, 0.29) is 11.1 Å². The maximum atomic E-state index is 11.6. The minimum atomic E-state index is -0.873. The Balaban J connectivity index is 1.76. The summed E-state index contributed by atoms with van der Waals surface area (Å²) in [4.78, 5) is 34.5. The van der Waals surface area contributed by atoms with Gasteiger partial charge >= 0.3 is 6.09 Å². The molecule has 22 heavy (non-hydrogen) atoms. The molecule has 1 aromatic rings. The smallest absolute Gasteiger partial charge is 0.407 e. The van der Waals surface area contributed by atoms with Gasteiger partial charge in [-0.05, 0) is 13.3 Å². The molecule has 3 heterocycles. The Hall–Kier alpha value is -2.42. The molecule has 2 aliphatic rings. The number of rotatable bonds is 2. The topological polar surface area (TPSA) is 125 Å². The van der Waals surface area contributed by atoms with Gasteiger partial charge in [-0.1, -0.05) is 0 Å². The molecule has 1 spiro atoms. The van der Waals surface area contributed by atoms with Gasteiger partial charge < -0.3 is 14.9 Å². The van der Waals surface area contributed by atoms with Crippen LogP contribution in [-0.4, -0.2) is 58.2 Å². The van der Waals surface area contributed by atoms with E-state index in [9.17, 15) is 9.59 Å². The maximum absolute atomic E-state index is 11.6.